The summed E-state index contributed by atoms with van der Waals surface area (Å²) in [6, 6.07) is 8.73. The number of nitrogens with one attached hydrogen (secondary N) is 1. The minimum absolute atomic E-state index is 0.277. The van der Waals surface area contributed by atoms with Crippen LogP contribution in [0.25, 0.3) is 0 Å². The van der Waals surface area contributed by atoms with Gasteiger partial charge in [0.05, 0.1) is 12.7 Å². The van der Waals surface area contributed by atoms with E-state index in [2.05, 4.69) is 35.3 Å². The lowest BCUT2D eigenvalue weighted by molar-refractivity contribution is -0.0290. The first-order chi connectivity index (χ1) is 9.34. The molecule has 0 bridgehead atoms. The van der Waals surface area contributed by atoms with Gasteiger partial charge in [0, 0.05) is 37.8 Å². The Labute approximate surface area is 114 Å². The van der Waals surface area contributed by atoms with Crippen LogP contribution in [0.5, 0.6) is 5.75 Å². The van der Waals surface area contributed by atoms with E-state index in [1.54, 1.807) is 0 Å². The van der Waals surface area contributed by atoms with E-state index in [0.29, 0.717) is 6.04 Å². The molecular formula is C15H22N2O2. The predicted molar refractivity (Wildman–Crippen MR) is 74.4 cm³/mol. The number of hydrogen-bond acceptors (Lipinski definition) is 4. The molecule has 1 fully saturated rings. The summed E-state index contributed by atoms with van der Waals surface area (Å²) in [6.45, 7) is 7.63. The van der Waals surface area contributed by atoms with Crippen molar-refractivity contribution in [3.05, 3.63) is 29.8 Å². The van der Waals surface area contributed by atoms with Crippen molar-refractivity contribution in [3.63, 3.8) is 0 Å². The summed E-state index contributed by atoms with van der Waals surface area (Å²) in [7, 11) is 0. The highest BCUT2D eigenvalue weighted by Crippen LogP contribution is 2.24. The van der Waals surface area contributed by atoms with Crippen LogP contribution >= 0.6 is 0 Å². The van der Waals surface area contributed by atoms with E-state index < -0.39 is 0 Å². The van der Waals surface area contributed by atoms with Gasteiger partial charge in [0.2, 0.25) is 0 Å². The molecule has 0 spiro atoms. The Morgan fingerprint density at radius 1 is 1.32 bits per heavy atom. The fraction of sp³-hybridized carbons (Fsp3) is 0.600. The van der Waals surface area contributed by atoms with Crippen LogP contribution in [0.2, 0.25) is 0 Å². The topological polar surface area (TPSA) is 33.7 Å². The number of fused-ring (bicyclic) bond motifs is 1. The zero-order chi connectivity index (χ0) is 13.1. The molecule has 0 saturated carbocycles. The molecule has 3 rings (SSSR count). The quantitative estimate of drug-likeness (QED) is 0.870. The van der Waals surface area contributed by atoms with Crippen LogP contribution in [0.3, 0.4) is 0 Å². The fourth-order valence-corrected chi connectivity index (χ4v) is 2.82. The molecule has 2 atom stereocenters. The van der Waals surface area contributed by atoms with Crippen molar-refractivity contribution in [1.29, 1.82) is 0 Å². The van der Waals surface area contributed by atoms with Gasteiger partial charge in [-0.3, -0.25) is 4.90 Å². The molecule has 2 heterocycles. The summed E-state index contributed by atoms with van der Waals surface area (Å²) in [5, 5.41) is 3.41. The van der Waals surface area contributed by atoms with Crippen molar-refractivity contribution >= 4 is 0 Å². The molecule has 1 saturated heterocycles. The maximum atomic E-state index is 5.88. The number of morpholine rings is 1. The average molecular weight is 262 g/mol. The highest BCUT2D eigenvalue weighted by atomic mass is 16.5. The van der Waals surface area contributed by atoms with Crippen LogP contribution in [0, 0.1) is 0 Å². The van der Waals surface area contributed by atoms with Crippen LogP contribution < -0.4 is 10.1 Å². The van der Waals surface area contributed by atoms with E-state index in [1.165, 1.54) is 5.56 Å². The second-order valence-corrected chi connectivity index (χ2v) is 5.28. The molecular weight excluding hydrogens is 240 g/mol. The first kappa shape index (κ1) is 12.9. The Balaban J connectivity index is 1.71. The van der Waals surface area contributed by atoms with Crippen molar-refractivity contribution in [3.8, 4) is 5.75 Å². The monoisotopic (exact) mass is 262 g/mol. The Morgan fingerprint density at radius 3 is 3.05 bits per heavy atom. The molecule has 0 aliphatic carbocycles. The fourth-order valence-electron chi connectivity index (χ4n) is 2.82. The smallest absolute Gasteiger partial charge is 0.123 e. The molecule has 0 aromatic heterocycles. The lowest BCUT2D eigenvalue weighted by Crippen LogP contribution is -2.51. The highest BCUT2D eigenvalue weighted by molar-refractivity contribution is 5.33. The molecule has 2 unspecified atom stereocenters. The van der Waals surface area contributed by atoms with Gasteiger partial charge in [-0.1, -0.05) is 18.2 Å². The van der Waals surface area contributed by atoms with E-state index in [4.69, 9.17) is 9.47 Å². The zero-order valence-corrected chi connectivity index (χ0v) is 11.5. The molecule has 0 radical (unpaired) electrons. The minimum atomic E-state index is 0.277. The third-order valence-corrected chi connectivity index (χ3v) is 4.05. The van der Waals surface area contributed by atoms with Gasteiger partial charge in [0.25, 0.3) is 0 Å². The summed E-state index contributed by atoms with van der Waals surface area (Å²) >= 11 is 0. The normalized spacial score (nSPS) is 26.1. The summed E-state index contributed by atoms with van der Waals surface area (Å²) in [6.07, 6.45) is 0.277. The van der Waals surface area contributed by atoms with Crippen molar-refractivity contribution < 1.29 is 9.47 Å². The highest BCUT2D eigenvalue weighted by Gasteiger charge is 2.27. The van der Waals surface area contributed by atoms with Crippen molar-refractivity contribution in [2.24, 2.45) is 0 Å². The minimum Gasteiger partial charge on any atom is -0.492 e. The zero-order valence-electron chi connectivity index (χ0n) is 11.5. The number of benzene rings is 1. The van der Waals surface area contributed by atoms with E-state index >= 15 is 0 Å². The van der Waals surface area contributed by atoms with Crippen LogP contribution in [0.4, 0.5) is 0 Å². The number of para-hydroxylation sites is 1. The van der Waals surface area contributed by atoms with Crippen LogP contribution in [0.15, 0.2) is 24.3 Å². The maximum absolute atomic E-state index is 5.88. The van der Waals surface area contributed by atoms with E-state index in [1.807, 2.05) is 6.07 Å². The first-order valence-corrected chi connectivity index (χ1v) is 7.11. The van der Waals surface area contributed by atoms with Crippen LogP contribution in [-0.2, 0) is 11.3 Å². The second kappa shape index (κ2) is 5.90. The van der Waals surface area contributed by atoms with Gasteiger partial charge in [-0.05, 0) is 13.0 Å². The largest absolute Gasteiger partial charge is 0.492 e. The third-order valence-electron chi connectivity index (χ3n) is 4.05. The number of hydrogen-bond donors (Lipinski definition) is 1. The van der Waals surface area contributed by atoms with Gasteiger partial charge in [-0.25, -0.2) is 0 Å². The van der Waals surface area contributed by atoms with Gasteiger partial charge in [-0.15, -0.1) is 0 Å². The molecule has 4 heteroatoms. The molecule has 2 aliphatic rings. The average Bonchev–Trinajstić information content (AvgIpc) is 2.69. The third kappa shape index (κ3) is 2.91. The molecule has 0 amide bonds. The summed E-state index contributed by atoms with van der Waals surface area (Å²) in [5.41, 5.74) is 1.27. The Bertz CT molecular complexity index is 418. The summed E-state index contributed by atoms with van der Waals surface area (Å²) in [5.74, 6) is 1.03. The van der Waals surface area contributed by atoms with Gasteiger partial charge in [0.1, 0.15) is 12.4 Å². The van der Waals surface area contributed by atoms with Crippen molar-refractivity contribution in [2.75, 3.05) is 32.8 Å². The van der Waals surface area contributed by atoms with E-state index in [0.717, 1.165) is 45.1 Å². The SMILES string of the molecule is CC(C1CNCCO1)N1CCOc2ccccc2C1. The second-order valence-electron chi connectivity index (χ2n) is 5.28. The molecule has 104 valence electrons. The molecule has 4 nitrogen and oxygen atoms in total. The van der Waals surface area contributed by atoms with Crippen molar-refractivity contribution in [2.45, 2.75) is 25.6 Å². The van der Waals surface area contributed by atoms with Gasteiger partial charge < -0.3 is 14.8 Å². The molecule has 19 heavy (non-hydrogen) atoms. The predicted octanol–water partition coefficient (Wildman–Crippen LogP) is 1.26. The number of rotatable bonds is 2. The summed E-state index contributed by atoms with van der Waals surface area (Å²) in [4.78, 5) is 2.46. The van der Waals surface area contributed by atoms with Gasteiger partial charge in [0.15, 0.2) is 0 Å². The number of nitrogens with zero attached hydrogens (tertiary/aromatic N) is 1. The summed E-state index contributed by atoms with van der Waals surface area (Å²) < 4.78 is 11.7. The standard InChI is InChI=1S/C15H22N2O2/c1-12(15-10-16-6-8-18-15)17-7-9-19-14-5-3-2-4-13(14)11-17/h2-5,12,15-16H,6-11H2,1H3. The lowest BCUT2D eigenvalue weighted by Gasteiger charge is -2.35. The molecule has 1 N–H and O–H groups in total. The first-order valence-electron chi connectivity index (χ1n) is 7.11. The molecule has 1 aromatic rings. The Morgan fingerprint density at radius 2 is 2.21 bits per heavy atom. The van der Waals surface area contributed by atoms with E-state index in [9.17, 15) is 0 Å². The number of ether oxygens (including phenoxy) is 2. The Hall–Kier alpha value is -1.10. The van der Waals surface area contributed by atoms with Crippen molar-refractivity contribution in [1.82, 2.24) is 10.2 Å². The lowest BCUT2D eigenvalue weighted by atomic mass is 10.1. The maximum Gasteiger partial charge on any atom is 0.123 e. The van der Waals surface area contributed by atoms with Gasteiger partial charge >= 0.3 is 0 Å². The van der Waals surface area contributed by atoms with Gasteiger partial charge in [-0.2, -0.15) is 0 Å². The molecule has 1 aromatic carbocycles. The Kier molecular flexibility index (Phi) is 4.01. The molecule has 2 aliphatic heterocycles. The van der Waals surface area contributed by atoms with Crippen LogP contribution in [-0.4, -0.2) is 49.9 Å². The van der Waals surface area contributed by atoms with E-state index in [-0.39, 0.29) is 6.10 Å². The van der Waals surface area contributed by atoms with Crippen LogP contribution in [0.1, 0.15) is 12.5 Å².